The van der Waals surface area contributed by atoms with Gasteiger partial charge in [-0.25, -0.2) is 9.97 Å². The summed E-state index contributed by atoms with van der Waals surface area (Å²) in [6.07, 6.45) is 5.10. The molecule has 2 aromatic rings. The Balaban J connectivity index is 1.37. The molecule has 150 valence electrons. The SMILES string of the molecule is CC1CCCN(C2CCN(C(=O)CNc3ncnc4cc(Cl)c(Cl)cc34)C2)C1. The van der Waals surface area contributed by atoms with E-state index in [0.717, 1.165) is 43.9 Å². The average Bonchev–Trinajstić information content (AvgIpc) is 3.17. The molecule has 2 aliphatic heterocycles. The predicted octanol–water partition coefficient (Wildman–Crippen LogP) is 3.68. The largest absolute Gasteiger partial charge is 0.360 e. The maximum absolute atomic E-state index is 12.7. The minimum Gasteiger partial charge on any atom is -0.360 e. The normalized spacial score (nSPS) is 23.3. The average molecular weight is 422 g/mol. The van der Waals surface area contributed by atoms with Crippen molar-refractivity contribution < 1.29 is 4.79 Å². The van der Waals surface area contributed by atoms with Crippen molar-refractivity contribution >= 4 is 45.8 Å². The summed E-state index contributed by atoms with van der Waals surface area (Å²) in [6, 6.07) is 3.93. The molecule has 0 saturated carbocycles. The Morgan fingerprint density at radius 2 is 2.00 bits per heavy atom. The number of rotatable bonds is 4. The summed E-state index contributed by atoms with van der Waals surface area (Å²) in [4.78, 5) is 25.7. The molecule has 1 aromatic carbocycles. The monoisotopic (exact) mass is 421 g/mol. The van der Waals surface area contributed by atoms with E-state index in [9.17, 15) is 4.79 Å². The standard InChI is InChI=1S/C20H25Cl2N5O/c1-13-3-2-5-26(10-13)14-4-6-27(11-14)19(28)9-23-20-15-7-16(21)17(22)8-18(15)24-12-25-20/h7-8,12-14H,2-6,9-11H2,1H3,(H,23,24,25). The first-order valence-corrected chi connectivity index (χ1v) is 10.6. The fourth-order valence-electron chi connectivity index (χ4n) is 4.29. The summed E-state index contributed by atoms with van der Waals surface area (Å²) in [5, 5.41) is 4.80. The number of nitrogens with one attached hydrogen (secondary N) is 1. The molecule has 2 aliphatic rings. The van der Waals surface area contributed by atoms with Crippen molar-refractivity contribution in [2.75, 3.05) is 38.0 Å². The van der Waals surface area contributed by atoms with E-state index >= 15 is 0 Å². The van der Waals surface area contributed by atoms with Crippen LogP contribution in [0, 0.1) is 5.92 Å². The Morgan fingerprint density at radius 3 is 2.82 bits per heavy atom. The summed E-state index contributed by atoms with van der Waals surface area (Å²) >= 11 is 12.2. The van der Waals surface area contributed by atoms with E-state index in [1.54, 1.807) is 12.1 Å². The maximum Gasteiger partial charge on any atom is 0.241 e. The molecule has 1 N–H and O–H groups in total. The van der Waals surface area contributed by atoms with Gasteiger partial charge in [-0.1, -0.05) is 30.1 Å². The zero-order valence-electron chi connectivity index (χ0n) is 16.0. The molecule has 3 heterocycles. The number of likely N-dealkylation sites (tertiary alicyclic amines) is 2. The highest BCUT2D eigenvalue weighted by Gasteiger charge is 2.32. The number of piperidine rings is 1. The van der Waals surface area contributed by atoms with Crippen molar-refractivity contribution in [1.82, 2.24) is 19.8 Å². The van der Waals surface area contributed by atoms with Gasteiger partial charge >= 0.3 is 0 Å². The summed E-state index contributed by atoms with van der Waals surface area (Å²) in [5.41, 5.74) is 0.694. The van der Waals surface area contributed by atoms with Gasteiger partial charge in [0.15, 0.2) is 0 Å². The molecule has 1 amide bonds. The van der Waals surface area contributed by atoms with Crippen LogP contribution in [0.5, 0.6) is 0 Å². The number of carbonyl (C=O) groups is 1. The van der Waals surface area contributed by atoms with Crippen molar-refractivity contribution in [2.45, 2.75) is 32.2 Å². The van der Waals surface area contributed by atoms with Crippen LogP contribution in [0.2, 0.25) is 10.0 Å². The molecule has 2 fully saturated rings. The smallest absolute Gasteiger partial charge is 0.241 e. The Labute approximate surface area is 175 Å². The van der Waals surface area contributed by atoms with Crippen LogP contribution in [0.15, 0.2) is 18.5 Å². The van der Waals surface area contributed by atoms with Crippen LogP contribution in [0.1, 0.15) is 26.2 Å². The van der Waals surface area contributed by atoms with E-state index in [1.165, 1.54) is 19.2 Å². The van der Waals surface area contributed by atoms with Gasteiger partial charge < -0.3 is 10.2 Å². The van der Waals surface area contributed by atoms with Crippen molar-refractivity contribution in [1.29, 1.82) is 0 Å². The van der Waals surface area contributed by atoms with Crippen LogP contribution in [0.25, 0.3) is 10.9 Å². The van der Waals surface area contributed by atoms with E-state index in [-0.39, 0.29) is 12.5 Å². The number of fused-ring (bicyclic) bond motifs is 1. The third-order valence-electron chi connectivity index (χ3n) is 5.81. The van der Waals surface area contributed by atoms with Gasteiger partial charge in [-0.3, -0.25) is 9.69 Å². The van der Waals surface area contributed by atoms with Crippen LogP contribution in [-0.4, -0.2) is 64.4 Å². The van der Waals surface area contributed by atoms with Crippen LogP contribution in [-0.2, 0) is 4.79 Å². The van der Waals surface area contributed by atoms with E-state index in [4.69, 9.17) is 23.2 Å². The fourth-order valence-corrected chi connectivity index (χ4v) is 4.61. The molecule has 2 saturated heterocycles. The number of aromatic nitrogens is 2. The molecule has 28 heavy (non-hydrogen) atoms. The molecular weight excluding hydrogens is 397 g/mol. The highest BCUT2D eigenvalue weighted by atomic mass is 35.5. The zero-order valence-corrected chi connectivity index (χ0v) is 17.5. The lowest BCUT2D eigenvalue weighted by atomic mass is 9.98. The van der Waals surface area contributed by atoms with Crippen LogP contribution < -0.4 is 5.32 Å². The minimum atomic E-state index is 0.0966. The maximum atomic E-state index is 12.7. The van der Waals surface area contributed by atoms with Crippen molar-refractivity contribution in [3.05, 3.63) is 28.5 Å². The number of carbonyl (C=O) groups excluding carboxylic acids is 1. The Bertz CT molecular complexity index is 877. The lowest BCUT2D eigenvalue weighted by molar-refractivity contribution is -0.128. The molecule has 0 bridgehead atoms. The second-order valence-electron chi connectivity index (χ2n) is 7.88. The molecule has 6 nitrogen and oxygen atoms in total. The van der Waals surface area contributed by atoms with Crippen LogP contribution in [0.3, 0.4) is 0 Å². The number of halogens is 2. The van der Waals surface area contributed by atoms with E-state index < -0.39 is 0 Å². The molecule has 0 aliphatic carbocycles. The van der Waals surface area contributed by atoms with Gasteiger partial charge in [0.05, 0.1) is 22.1 Å². The second-order valence-corrected chi connectivity index (χ2v) is 8.70. The molecule has 0 radical (unpaired) electrons. The third kappa shape index (κ3) is 4.19. The number of benzene rings is 1. The molecular formula is C20H25Cl2N5O. The first-order valence-electron chi connectivity index (χ1n) is 9.86. The summed E-state index contributed by atoms with van der Waals surface area (Å²) < 4.78 is 0. The number of hydrogen-bond acceptors (Lipinski definition) is 5. The number of anilines is 1. The first-order chi connectivity index (χ1) is 13.5. The molecule has 4 rings (SSSR count). The van der Waals surface area contributed by atoms with Gasteiger partial charge in [-0.15, -0.1) is 0 Å². The Kier molecular flexibility index (Phi) is 5.90. The highest BCUT2D eigenvalue weighted by Crippen LogP contribution is 2.29. The Morgan fingerprint density at radius 1 is 1.18 bits per heavy atom. The minimum absolute atomic E-state index is 0.0966. The Hall–Kier alpha value is -1.63. The molecule has 8 heteroatoms. The van der Waals surface area contributed by atoms with E-state index in [1.807, 2.05) is 4.90 Å². The van der Waals surface area contributed by atoms with E-state index in [2.05, 4.69) is 27.1 Å². The van der Waals surface area contributed by atoms with Crippen LogP contribution >= 0.6 is 23.2 Å². The molecule has 0 spiro atoms. The van der Waals surface area contributed by atoms with Crippen LogP contribution in [0.4, 0.5) is 5.82 Å². The molecule has 1 aromatic heterocycles. The van der Waals surface area contributed by atoms with Gasteiger partial charge in [-0.2, -0.15) is 0 Å². The number of amides is 1. The summed E-state index contributed by atoms with van der Waals surface area (Å²) in [7, 11) is 0. The van der Waals surface area contributed by atoms with Crippen molar-refractivity contribution in [3.63, 3.8) is 0 Å². The third-order valence-corrected chi connectivity index (χ3v) is 6.53. The van der Waals surface area contributed by atoms with Gasteiger partial charge in [-0.05, 0) is 43.9 Å². The quantitative estimate of drug-likeness (QED) is 0.815. The van der Waals surface area contributed by atoms with Gasteiger partial charge in [0, 0.05) is 31.1 Å². The lowest BCUT2D eigenvalue weighted by Crippen LogP contribution is -2.44. The number of hydrogen-bond donors (Lipinski definition) is 1. The van der Waals surface area contributed by atoms with Crippen molar-refractivity contribution in [2.24, 2.45) is 5.92 Å². The molecule has 2 unspecified atom stereocenters. The highest BCUT2D eigenvalue weighted by molar-refractivity contribution is 6.42. The number of nitrogens with zero attached hydrogens (tertiary/aromatic N) is 4. The van der Waals surface area contributed by atoms with Gasteiger partial charge in [0.1, 0.15) is 12.1 Å². The predicted molar refractivity (Wildman–Crippen MR) is 113 cm³/mol. The zero-order chi connectivity index (χ0) is 19.7. The van der Waals surface area contributed by atoms with Gasteiger partial charge in [0.2, 0.25) is 5.91 Å². The second kappa shape index (κ2) is 8.39. The van der Waals surface area contributed by atoms with Gasteiger partial charge in [0.25, 0.3) is 0 Å². The summed E-state index contributed by atoms with van der Waals surface area (Å²) in [6.45, 7) is 6.48. The topological polar surface area (TPSA) is 61.4 Å². The van der Waals surface area contributed by atoms with Crippen molar-refractivity contribution in [3.8, 4) is 0 Å². The molecule has 2 atom stereocenters. The first kappa shape index (κ1) is 19.7. The fraction of sp³-hybridized carbons (Fsp3) is 0.550. The van der Waals surface area contributed by atoms with E-state index in [0.29, 0.717) is 27.4 Å². The summed E-state index contributed by atoms with van der Waals surface area (Å²) in [5.74, 6) is 1.45. The lowest BCUT2D eigenvalue weighted by Gasteiger charge is -2.35.